The number of carbonyl (C=O) groups excluding carboxylic acids is 2. The Hall–Kier alpha value is -1.41. The average molecular weight is 357 g/mol. The number of hydrogen-bond donors (Lipinski definition) is 0. The van der Waals surface area contributed by atoms with Gasteiger partial charge in [0.25, 0.3) is 5.91 Å². The van der Waals surface area contributed by atoms with Gasteiger partial charge in [0.05, 0.1) is 11.5 Å². The van der Waals surface area contributed by atoms with Crippen LogP contribution >= 0.6 is 11.3 Å². The standard InChI is InChI=1S/C15H19NO5S2/c1-16(11-5-6-23(19,20)9-11)14(17)8-21-15(18)13-7-10-3-2-4-12(10)22-13/h7,11H,2-6,8-9H2,1H3/t11-/m1/s1. The van der Waals surface area contributed by atoms with E-state index < -0.39 is 15.8 Å². The van der Waals surface area contributed by atoms with E-state index in [9.17, 15) is 18.0 Å². The van der Waals surface area contributed by atoms with Crippen molar-refractivity contribution in [3.05, 3.63) is 21.4 Å². The van der Waals surface area contributed by atoms with Crippen LogP contribution in [0.25, 0.3) is 0 Å². The smallest absolute Gasteiger partial charge is 0.348 e. The molecule has 1 saturated heterocycles. The van der Waals surface area contributed by atoms with Crippen LogP contribution in [0.4, 0.5) is 0 Å². The minimum Gasteiger partial charge on any atom is -0.451 e. The van der Waals surface area contributed by atoms with Crippen LogP contribution in [-0.2, 0) is 32.2 Å². The van der Waals surface area contributed by atoms with Crippen molar-refractivity contribution in [2.75, 3.05) is 25.2 Å². The summed E-state index contributed by atoms with van der Waals surface area (Å²) in [5, 5.41) is 0. The lowest BCUT2D eigenvalue weighted by molar-refractivity contribution is -0.134. The molecule has 1 aromatic rings. The number of hydrogen-bond acceptors (Lipinski definition) is 6. The molecule has 8 heteroatoms. The van der Waals surface area contributed by atoms with Crippen LogP contribution in [0.5, 0.6) is 0 Å². The van der Waals surface area contributed by atoms with E-state index in [0.29, 0.717) is 11.3 Å². The van der Waals surface area contributed by atoms with Crippen molar-refractivity contribution in [2.24, 2.45) is 0 Å². The van der Waals surface area contributed by atoms with Crippen LogP contribution in [0.1, 0.15) is 33.0 Å². The molecule has 0 N–H and O–H groups in total. The Morgan fingerprint density at radius 2 is 2.17 bits per heavy atom. The summed E-state index contributed by atoms with van der Waals surface area (Å²) < 4.78 is 28.0. The Balaban J connectivity index is 1.53. The van der Waals surface area contributed by atoms with Crippen LogP contribution in [0, 0.1) is 0 Å². The summed E-state index contributed by atoms with van der Waals surface area (Å²) in [6.45, 7) is -0.353. The van der Waals surface area contributed by atoms with E-state index in [0.717, 1.165) is 19.3 Å². The molecule has 6 nitrogen and oxygen atoms in total. The summed E-state index contributed by atoms with van der Waals surface area (Å²) in [5.41, 5.74) is 1.21. The minimum absolute atomic E-state index is 0.0131. The van der Waals surface area contributed by atoms with E-state index in [1.165, 1.54) is 26.7 Å². The van der Waals surface area contributed by atoms with Crippen molar-refractivity contribution in [3.63, 3.8) is 0 Å². The van der Waals surface area contributed by atoms with Crippen molar-refractivity contribution in [1.82, 2.24) is 4.90 Å². The SMILES string of the molecule is CN(C(=O)COC(=O)c1cc2c(s1)CCC2)[C@@H]1CCS(=O)(=O)C1. The third kappa shape index (κ3) is 3.58. The first kappa shape index (κ1) is 16.4. The number of amides is 1. The topological polar surface area (TPSA) is 80.8 Å². The highest BCUT2D eigenvalue weighted by Gasteiger charge is 2.33. The van der Waals surface area contributed by atoms with E-state index in [4.69, 9.17) is 4.74 Å². The fourth-order valence-electron chi connectivity index (χ4n) is 3.01. The molecule has 1 aliphatic carbocycles. The number of sulfone groups is 1. The predicted octanol–water partition coefficient (Wildman–Crippen LogP) is 1.04. The number of nitrogens with zero attached hydrogens (tertiary/aromatic N) is 1. The highest BCUT2D eigenvalue weighted by molar-refractivity contribution is 7.91. The van der Waals surface area contributed by atoms with Crippen LogP contribution in [0.15, 0.2) is 6.07 Å². The maximum absolute atomic E-state index is 12.1. The molecule has 0 radical (unpaired) electrons. The van der Waals surface area contributed by atoms with Gasteiger partial charge in [-0.1, -0.05) is 0 Å². The average Bonchev–Trinajstić information content (AvgIpc) is 3.17. The number of likely N-dealkylation sites (N-methyl/N-ethyl adjacent to an activating group) is 1. The molecular weight excluding hydrogens is 338 g/mol. The Morgan fingerprint density at radius 3 is 2.83 bits per heavy atom. The lowest BCUT2D eigenvalue weighted by Crippen LogP contribution is -2.40. The molecule has 126 valence electrons. The molecule has 1 fully saturated rings. The quantitative estimate of drug-likeness (QED) is 0.752. The summed E-state index contributed by atoms with van der Waals surface area (Å²) >= 11 is 1.44. The lowest BCUT2D eigenvalue weighted by Gasteiger charge is -2.23. The number of esters is 1. The molecule has 3 rings (SSSR count). The van der Waals surface area contributed by atoms with Gasteiger partial charge < -0.3 is 9.64 Å². The van der Waals surface area contributed by atoms with E-state index in [1.54, 1.807) is 7.05 Å². The zero-order chi connectivity index (χ0) is 16.6. The second kappa shape index (κ2) is 6.24. The largest absolute Gasteiger partial charge is 0.451 e. The normalized spacial score (nSPS) is 21.9. The Labute approximate surface area is 139 Å². The maximum Gasteiger partial charge on any atom is 0.348 e. The Bertz CT molecular complexity index is 716. The molecule has 0 spiro atoms. The number of thiophene rings is 1. The van der Waals surface area contributed by atoms with Crippen LogP contribution in [0.2, 0.25) is 0 Å². The van der Waals surface area contributed by atoms with Crippen molar-refractivity contribution < 1.29 is 22.7 Å². The van der Waals surface area contributed by atoms with Crippen molar-refractivity contribution >= 4 is 33.1 Å². The lowest BCUT2D eigenvalue weighted by atomic mass is 10.2. The number of fused-ring (bicyclic) bond motifs is 1. The summed E-state index contributed by atoms with van der Waals surface area (Å²) in [7, 11) is -1.49. The Kier molecular flexibility index (Phi) is 4.46. The summed E-state index contributed by atoms with van der Waals surface area (Å²) in [6.07, 6.45) is 3.57. The van der Waals surface area contributed by atoms with Crippen LogP contribution in [-0.4, -0.2) is 56.4 Å². The number of ether oxygens (including phenoxy) is 1. The molecule has 1 amide bonds. The zero-order valence-corrected chi connectivity index (χ0v) is 14.5. The van der Waals surface area contributed by atoms with Gasteiger partial charge in [-0.2, -0.15) is 0 Å². The molecule has 0 unspecified atom stereocenters. The fraction of sp³-hybridized carbons (Fsp3) is 0.600. The van der Waals surface area contributed by atoms with Gasteiger partial charge in [0.1, 0.15) is 4.88 Å². The molecule has 2 aliphatic rings. The van der Waals surface area contributed by atoms with E-state index >= 15 is 0 Å². The zero-order valence-electron chi connectivity index (χ0n) is 12.9. The highest BCUT2D eigenvalue weighted by Crippen LogP contribution is 2.30. The van der Waals surface area contributed by atoms with E-state index in [-0.39, 0.29) is 30.1 Å². The second-order valence-corrected chi connectivity index (χ2v) is 9.42. The van der Waals surface area contributed by atoms with Gasteiger partial charge >= 0.3 is 5.97 Å². The number of rotatable bonds is 4. The molecule has 0 bridgehead atoms. The van der Waals surface area contributed by atoms with Crippen molar-refractivity contribution in [1.29, 1.82) is 0 Å². The molecule has 1 atom stereocenters. The van der Waals surface area contributed by atoms with Gasteiger partial charge in [0.15, 0.2) is 16.4 Å². The number of aryl methyl sites for hydroxylation is 2. The summed E-state index contributed by atoms with van der Waals surface area (Å²) in [4.78, 5) is 27.2. The first-order valence-electron chi connectivity index (χ1n) is 7.60. The van der Waals surface area contributed by atoms with Gasteiger partial charge in [0, 0.05) is 18.0 Å². The van der Waals surface area contributed by atoms with Gasteiger partial charge in [-0.15, -0.1) is 11.3 Å². The molecule has 23 heavy (non-hydrogen) atoms. The predicted molar refractivity (Wildman–Crippen MR) is 86.5 cm³/mol. The molecule has 0 aromatic carbocycles. The minimum atomic E-state index is -3.05. The van der Waals surface area contributed by atoms with Gasteiger partial charge in [-0.05, 0) is 37.3 Å². The van der Waals surface area contributed by atoms with Gasteiger partial charge in [-0.3, -0.25) is 4.79 Å². The third-order valence-electron chi connectivity index (χ3n) is 4.42. The monoisotopic (exact) mass is 357 g/mol. The van der Waals surface area contributed by atoms with Gasteiger partial charge in [0.2, 0.25) is 0 Å². The molecule has 1 aromatic heterocycles. The Morgan fingerprint density at radius 1 is 1.39 bits per heavy atom. The second-order valence-electron chi connectivity index (χ2n) is 6.05. The summed E-state index contributed by atoms with van der Waals surface area (Å²) in [6, 6.07) is 1.53. The van der Waals surface area contributed by atoms with Crippen LogP contribution < -0.4 is 0 Å². The first-order valence-corrected chi connectivity index (χ1v) is 10.2. The van der Waals surface area contributed by atoms with E-state index in [1.807, 2.05) is 6.07 Å². The van der Waals surface area contributed by atoms with Crippen molar-refractivity contribution in [2.45, 2.75) is 31.7 Å². The maximum atomic E-state index is 12.1. The van der Waals surface area contributed by atoms with Crippen molar-refractivity contribution in [3.8, 4) is 0 Å². The molecule has 1 aliphatic heterocycles. The van der Waals surface area contributed by atoms with Gasteiger partial charge in [-0.25, -0.2) is 13.2 Å². The molecule has 2 heterocycles. The summed E-state index contributed by atoms with van der Waals surface area (Å²) in [5.74, 6) is -0.758. The van der Waals surface area contributed by atoms with Crippen LogP contribution in [0.3, 0.4) is 0 Å². The molecular formula is C15H19NO5S2. The molecule has 0 saturated carbocycles. The fourth-order valence-corrected chi connectivity index (χ4v) is 5.94. The number of carbonyl (C=O) groups is 2. The highest BCUT2D eigenvalue weighted by atomic mass is 32.2. The van der Waals surface area contributed by atoms with E-state index in [2.05, 4.69) is 0 Å². The first-order chi connectivity index (χ1) is 10.9. The third-order valence-corrected chi connectivity index (χ3v) is 7.39.